The Kier molecular flexibility index (Phi) is 7.03. The topological polar surface area (TPSA) is 116 Å². The second kappa shape index (κ2) is 8.15. The van der Waals surface area contributed by atoms with Crippen LogP contribution in [0.25, 0.3) is 0 Å². The molecule has 4 N–H and O–H groups in total. The van der Waals surface area contributed by atoms with Gasteiger partial charge in [-0.2, -0.15) is 4.31 Å². The average molecular weight is 378 g/mol. The first-order chi connectivity index (χ1) is 10.8. The van der Waals surface area contributed by atoms with E-state index in [1.54, 1.807) is 0 Å². The fraction of sp³-hybridized carbons (Fsp3) is 0.533. The first-order valence-electron chi connectivity index (χ1n) is 7.51. The largest absolute Gasteiger partial charge is 0.496 e. The Labute approximate surface area is 148 Å². The quantitative estimate of drug-likeness (QED) is 0.792. The predicted octanol–water partition coefficient (Wildman–Crippen LogP) is 0.964. The third-order valence-corrected chi connectivity index (χ3v) is 6.10. The molecule has 1 aromatic carbocycles. The standard InChI is InChI=1S/C15H23N3O4S.ClH/c1-10(16)11-4-3-7-18(9-11)23(20,21)12-5-6-14(22-2)13(8-12)15(17)19;/h5-6,8,10-11H,3-4,7,9,16H2,1-2H3,(H2,17,19);1H. The van der Waals surface area contributed by atoms with Gasteiger partial charge in [-0.15, -0.1) is 12.4 Å². The number of hydrogen-bond acceptors (Lipinski definition) is 5. The maximum Gasteiger partial charge on any atom is 0.252 e. The molecule has 24 heavy (non-hydrogen) atoms. The van der Waals surface area contributed by atoms with Gasteiger partial charge in [-0.1, -0.05) is 0 Å². The number of benzene rings is 1. The molecule has 0 saturated carbocycles. The molecule has 1 saturated heterocycles. The van der Waals surface area contributed by atoms with Crippen molar-refractivity contribution in [2.75, 3.05) is 20.2 Å². The van der Waals surface area contributed by atoms with Gasteiger partial charge in [-0.25, -0.2) is 8.42 Å². The summed E-state index contributed by atoms with van der Waals surface area (Å²) in [7, 11) is -2.30. The summed E-state index contributed by atoms with van der Waals surface area (Å²) >= 11 is 0. The van der Waals surface area contributed by atoms with Gasteiger partial charge in [-0.3, -0.25) is 4.79 Å². The van der Waals surface area contributed by atoms with Gasteiger partial charge in [0.05, 0.1) is 17.6 Å². The molecule has 1 amide bonds. The zero-order chi connectivity index (χ0) is 17.2. The molecule has 0 radical (unpaired) electrons. The van der Waals surface area contributed by atoms with Crippen molar-refractivity contribution in [1.29, 1.82) is 0 Å². The van der Waals surface area contributed by atoms with Gasteiger partial charge in [0.1, 0.15) is 5.75 Å². The van der Waals surface area contributed by atoms with E-state index in [0.29, 0.717) is 13.1 Å². The molecule has 0 spiro atoms. The van der Waals surface area contributed by atoms with Crippen molar-refractivity contribution in [2.24, 2.45) is 17.4 Å². The maximum absolute atomic E-state index is 12.8. The van der Waals surface area contributed by atoms with Crippen LogP contribution in [0.1, 0.15) is 30.1 Å². The van der Waals surface area contributed by atoms with E-state index in [4.69, 9.17) is 16.2 Å². The highest BCUT2D eigenvalue weighted by Crippen LogP contribution is 2.28. The van der Waals surface area contributed by atoms with Gasteiger partial charge in [0.2, 0.25) is 10.0 Å². The number of carbonyl (C=O) groups is 1. The number of ether oxygens (including phenoxy) is 1. The molecule has 1 heterocycles. The molecule has 1 aliphatic rings. The van der Waals surface area contributed by atoms with Crippen LogP contribution >= 0.6 is 12.4 Å². The number of halogens is 1. The van der Waals surface area contributed by atoms with Crippen molar-refractivity contribution in [3.8, 4) is 5.75 Å². The third-order valence-electron chi connectivity index (χ3n) is 4.24. The van der Waals surface area contributed by atoms with E-state index in [9.17, 15) is 13.2 Å². The number of nitrogens with two attached hydrogens (primary N) is 2. The number of carbonyl (C=O) groups excluding carboxylic acids is 1. The van der Waals surface area contributed by atoms with Crippen molar-refractivity contribution in [1.82, 2.24) is 4.31 Å². The number of rotatable bonds is 5. The van der Waals surface area contributed by atoms with Gasteiger partial charge in [0.15, 0.2) is 0 Å². The van der Waals surface area contributed by atoms with E-state index in [-0.39, 0.29) is 40.6 Å². The Balaban J connectivity index is 0.00000288. The molecular weight excluding hydrogens is 354 g/mol. The first-order valence-corrected chi connectivity index (χ1v) is 8.95. The number of sulfonamides is 1. The minimum Gasteiger partial charge on any atom is -0.496 e. The van der Waals surface area contributed by atoms with Crippen molar-refractivity contribution in [3.63, 3.8) is 0 Å². The highest BCUT2D eigenvalue weighted by atomic mass is 35.5. The molecule has 136 valence electrons. The summed E-state index contributed by atoms with van der Waals surface area (Å²) in [6, 6.07) is 4.08. The maximum atomic E-state index is 12.8. The SMILES string of the molecule is COc1ccc(S(=O)(=O)N2CCCC(C(C)N)C2)cc1C(N)=O.Cl. The monoisotopic (exact) mass is 377 g/mol. The normalized spacial score (nSPS) is 20.0. The molecule has 9 heteroatoms. The highest BCUT2D eigenvalue weighted by molar-refractivity contribution is 7.89. The Morgan fingerprint density at radius 1 is 1.42 bits per heavy atom. The molecular formula is C15H24ClN3O4S. The zero-order valence-corrected chi connectivity index (χ0v) is 15.4. The Morgan fingerprint density at radius 2 is 2.08 bits per heavy atom. The molecule has 2 unspecified atom stereocenters. The van der Waals surface area contributed by atoms with E-state index >= 15 is 0 Å². The van der Waals surface area contributed by atoms with Gasteiger partial charge >= 0.3 is 0 Å². The molecule has 1 aromatic rings. The number of methoxy groups -OCH3 is 1. The van der Waals surface area contributed by atoms with Crippen molar-refractivity contribution in [2.45, 2.75) is 30.7 Å². The summed E-state index contributed by atoms with van der Waals surface area (Å²) in [5.74, 6) is -0.345. The number of nitrogens with zero attached hydrogens (tertiary/aromatic N) is 1. The number of primary amides is 1. The second-order valence-corrected chi connectivity index (χ2v) is 7.79. The van der Waals surface area contributed by atoms with E-state index in [1.165, 1.54) is 29.6 Å². The average Bonchev–Trinajstić information content (AvgIpc) is 2.54. The lowest BCUT2D eigenvalue weighted by molar-refractivity contribution is 0.0997. The van der Waals surface area contributed by atoms with Crippen LogP contribution < -0.4 is 16.2 Å². The van der Waals surface area contributed by atoms with Gasteiger partial charge in [0, 0.05) is 19.1 Å². The highest BCUT2D eigenvalue weighted by Gasteiger charge is 2.32. The molecule has 7 nitrogen and oxygen atoms in total. The van der Waals surface area contributed by atoms with E-state index < -0.39 is 15.9 Å². The Hall–Kier alpha value is -1.35. The fourth-order valence-corrected chi connectivity index (χ4v) is 4.37. The molecule has 2 atom stereocenters. The van der Waals surface area contributed by atoms with Gasteiger partial charge in [0.25, 0.3) is 5.91 Å². The molecule has 0 aliphatic carbocycles. The van der Waals surface area contributed by atoms with Crippen LogP contribution in [-0.2, 0) is 10.0 Å². The second-order valence-electron chi connectivity index (χ2n) is 5.85. The smallest absolute Gasteiger partial charge is 0.252 e. The van der Waals surface area contributed by atoms with E-state index in [2.05, 4.69) is 0 Å². The summed E-state index contributed by atoms with van der Waals surface area (Å²) in [5.41, 5.74) is 11.3. The fourth-order valence-electron chi connectivity index (χ4n) is 2.81. The molecule has 0 bridgehead atoms. The lowest BCUT2D eigenvalue weighted by atomic mass is 9.93. The minimum absolute atomic E-state index is 0. The summed E-state index contributed by atoms with van der Waals surface area (Å²) < 4.78 is 32.1. The lowest BCUT2D eigenvalue weighted by Crippen LogP contribution is -2.45. The summed E-state index contributed by atoms with van der Waals surface area (Å²) in [6.07, 6.45) is 1.68. The van der Waals surface area contributed by atoms with Gasteiger partial charge < -0.3 is 16.2 Å². The first kappa shape index (κ1) is 20.7. The molecule has 1 fully saturated rings. The number of hydrogen-bond donors (Lipinski definition) is 2. The van der Waals surface area contributed by atoms with Crippen LogP contribution in [0.2, 0.25) is 0 Å². The zero-order valence-electron chi connectivity index (χ0n) is 13.8. The van der Waals surface area contributed by atoms with E-state index in [0.717, 1.165) is 12.8 Å². The minimum atomic E-state index is -3.70. The lowest BCUT2D eigenvalue weighted by Gasteiger charge is -2.33. The third kappa shape index (κ3) is 4.18. The molecule has 2 rings (SSSR count). The van der Waals surface area contributed by atoms with Crippen LogP contribution in [0.15, 0.2) is 23.1 Å². The van der Waals surface area contributed by atoms with Crippen LogP contribution in [0.3, 0.4) is 0 Å². The van der Waals surface area contributed by atoms with Crippen LogP contribution in [-0.4, -0.2) is 44.9 Å². The molecule has 0 aromatic heterocycles. The summed E-state index contributed by atoms with van der Waals surface area (Å²) in [4.78, 5) is 11.5. The van der Waals surface area contributed by atoms with Crippen molar-refractivity contribution in [3.05, 3.63) is 23.8 Å². The van der Waals surface area contributed by atoms with Crippen LogP contribution in [0.5, 0.6) is 5.75 Å². The Morgan fingerprint density at radius 3 is 2.62 bits per heavy atom. The van der Waals surface area contributed by atoms with Crippen LogP contribution in [0.4, 0.5) is 0 Å². The number of amides is 1. The van der Waals surface area contributed by atoms with E-state index in [1.807, 2.05) is 6.92 Å². The Bertz CT molecular complexity index is 694. The molecule has 1 aliphatic heterocycles. The van der Waals surface area contributed by atoms with Crippen molar-refractivity contribution < 1.29 is 17.9 Å². The van der Waals surface area contributed by atoms with Crippen LogP contribution in [0, 0.1) is 5.92 Å². The summed E-state index contributed by atoms with van der Waals surface area (Å²) in [6.45, 7) is 2.72. The summed E-state index contributed by atoms with van der Waals surface area (Å²) in [5, 5.41) is 0. The van der Waals surface area contributed by atoms with Gasteiger partial charge in [-0.05, 0) is 43.9 Å². The number of piperidine rings is 1. The predicted molar refractivity (Wildman–Crippen MR) is 93.9 cm³/mol. The van der Waals surface area contributed by atoms with Crippen molar-refractivity contribution >= 4 is 28.3 Å².